The summed E-state index contributed by atoms with van der Waals surface area (Å²) in [5, 5.41) is 14.0. The summed E-state index contributed by atoms with van der Waals surface area (Å²) in [6.07, 6.45) is 4.17. The van der Waals surface area contributed by atoms with E-state index < -0.39 is 12.0 Å². The van der Waals surface area contributed by atoms with Gasteiger partial charge in [0, 0.05) is 53.6 Å². The highest BCUT2D eigenvalue weighted by Crippen LogP contribution is 2.48. The monoisotopic (exact) mass is 610 g/mol. The van der Waals surface area contributed by atoms with Crippen molar-refractivity contribution in [2.24, 2.45) is 0 Å². The van der Waals surface area contributed by atoms with Gasteiger partial charge in [0.1, 0.15) is 34.2 Å². The average Bonchev–Trinajstić information content (AvgIpc) is 3.41. The Balaban J connectivity index is 1.50. The van der Waals surface area contributed by atoms with E-state index in [1.54, 1.807) is 33.4 Å². The van der Waals surface area contributed by atoms with Gasteiger partial charge in [0.25, 0.3) is 0 Å². The Labute approximate surface area is 262 Å². The molecule has 6 rings (SSSR count). The van der Waals surface area contributed by atoms with E-state index >= 15 is 0 Å². The quantitative estimate of drug-likeness (QED) is 0.177. The van der Waals surface area contributed by atoms with Crippen LogP contribution in [0.3, 0.4) is 0 Å². The van der Waals surface area contributed by atoms with Crippen LogP contribution in [0.5, 0.6) is 17.2 Å². The van der Waals surface area contributed by atoms with Crippen molar-refractivity contribution < 1.29 is 33.3 Å². The number of fused-ring (bicyclic) bond motifs is 3. The number of furan rings is 1. The number of nitrogens with zero attached hydrogens (tertiary/aromatic N) is 2. The standard InChI is InChI=1S/C36H38N2O7/c1-5-43-36(40)30-23(3)45-35-27-10-9-26(44-18-13-24-7-6-8-29(41-4)22(24)2)21-28(27)34(39)32(31(30)35)33(25-11-14-37-15-12-25)38-16-19-42-20-17-38/h6-12,14-15,21,33,39H,5,13,16-20H2,1-4H3. The summed E-state index contributed by atoms with van der Waals surface area (Å²) < 4.78 is 29.2. The fourth-order valence-corrected chi connectivity index (χ4v) is 6.35. The highest BCUT2D eigenvalue weighted by Gasteiger charge is 2.34. The second-order valence-corrected chi connectivity index (χ2v) is 11.1. The number of pyridine rings is 1. The molecule has 1 atom stereocenters. The molecular formula is C36H38N2O7. The Morgan fingerprint density at radius 2 is 1.84 bits per heavy atom. The third kappa shape index (κ3) is 5.81. The van der Waals surface area contributed by atoms with Crippen molar-refractivity contribution in [3.05, 3.63) is 94.5 Å². The summed E-state index contributed by atoms with van der Waals surface area (Å²) in [6, 6.07) is 15.0. The number of carbonyl (C=O) groups excluding carboxylic acids is 1. The van der Waals surface area contributed by atoms with Gasteiger partial charge in [-0.25, -0.2) is 4.79 Å². The summed E-state index contributed by atoms with van der Waals surface area (Å²) in [6.45, 7) is 8.62. The first-order chi connectivity index (χ1) is 21.9. The van der Waals surface area contributed by atoms with Crippen LogP contribution < -0.4 is 9.47 Å². The molecule has 1 fully saturated rings. The molecule has 2 aromatic heterocycles. The Morgan fingerprint density at radius 3 is 2.58 bits per heavy atom. The molecule has 1 unspecified atom stereocenters. The molecule has 1 N–H and O–H groups in total. The molecule has 3 heterocycles. The molecule has 1 aliphatic rings. The van der Waals surface area contributed by atoms with E-state index in [1.165, 1.54) is 0 Å². The van der Waals surface area contributed by atoms with Gasteiger partial charge < -0.3 is 28.5 Å². The van der Waals surface area contributed by atoms with Gasteiger partial charge in [-0.15, -0.1) is 0 Å². The SMILES string of the molecule is CCOC(=O)c1c(C)oc2c1c(C(c1ccncc1)N1CCOCC1)c(O)c1cc(OCCc3cccc(OC)c3C)ccc12. The van der Waals surface area contributed by atoms with Gasteiger partial charge in [-0.1, -0.05) is 12.1 Å². The van der Waals surface area contributed by atoms with E-state index in [2.05, 4.69) is 16.0 Å². The van der Waals surface area contributed by atoms with Crippen LogP contribution in [0.1, 0.15) is 51.3 Å². The molecular weight excluding hydrogens is 572 g/mol. The van der Waals surface area contributed by atoms with Crippen molar-refractivity contribution in [3.63, 3.8) is 0 Å². The van der Waals surface area contributed by atoms with Gasteiger partial charge in [0.2, 0.25) is 0 Å². The summed E-state index contributed by atoms with van der Waals surface area (Å²) in [7, 11) is 1.67. The van der Waals surface area contributed by atoms with Crippen molar-refractivity contribution in [1.82, 2.24) is 9.88 Å². The number of benzene rings is 3. The number of phenols is 1. The molecule has 9 heteroatoms. The van der Waals surface area contributed by atoms with Crippen LogP contribution in [0.2, 0.25) is 0 Å². The summed E-state index contributed by atoms with van der Waals surface area (Å²) >= 11 is 0. The fourth-order valence-electron chi connectivity index (χ4n) is 6.35. The smallest absolute Gasteiger partial charge is 0.342 e. The van der Waals surface area contributed by atoms with Crippen molar-refractivity contribution in [3.8, 4) is 17.2 Å². The van der Waals surface area contributed by atoms with Gasteiger partial charge in [-0.3, -0.25) is 9.88 Å². The summed E-state index contributed by atoms with van der Waals surface area (Å²) in [5.41, 5.74) is 4.57. The number of ether oxygens (including phenoxy) is 4. The van der Waals surface area contributed by atoms with Crippen LogP contribution in [0.4, 0.5) is 0 Å². The van der Waals surface area contributed by atoms with E-state index in [0.717, 1.165) is 22.4 Å². The normalized spacial score (nSPS) is 14.5. The van der Waals surface area contributed by atoms with Gasteiger partial charge in [0.05, 0.1) is 39.6 Å². The topological polar surface area (TPSA) is 103 Å². The minimum Gasteiger partial charge on any atom is -0.507 e. The molecule has 0 bridgehead atoms. The number of carbonyl (C=O) groups is 1. The van der Waals surface area contributed by atoms with Crippen molar-refractivity contribution in [2.45, 2.75) is 33.2 Å². The lowest BCUT2D eigenvalue weighted by Crippen LogP contribution is -2.39. The fraction of sp³-hybridized carbons (Fsp3) is 0.333. The van der Waals surface area contributed by atoms with Gasteiger partial charge in [-0.2, -0.15) is 0 Å². The van der Waals surface area contributed by atoms with Crippen LogP contribution in [0.25, 0.3) is 21.7 Å². The van der Waals surface area contributed by atoms with Crippen LogP contribution in [0, 0.1) is 13.8 Å². The molecule has 9 nitrogen and oxygen atoms in total. The van der Waals surface area contributed by atoms with Gasteiger partial charge in [0.15, 0.2) is 0 Å². The molecule has 0 spiro atoms. The number of morpholine rings is 1. The highest BCUT2D eigenvalue weighted by molar-refractivity contribution is 6.17. The van der Waals surface area contributed by atoms with Crippen LogP contribution in [-0.2, 0) is 15.9 Å². The van der Waals surface area contributed by atoms with Crippen LogP contribution in [0.15, 0.2) is 65.3 Å². The van der Waals surface area contributed by atoms with Gasteiger partial charge >= 0.3 is 5.97 Å². The molecule has 0 amide bonds. The molecule has 0 saturated carbocycles. The number of rotatable bonds is 10. The average molecular weight is 611 g/mol. The lowest BCUT2D eigenvalue weighted by molar-refractivity contribution is 0.0238. The second-order valence-electron chi connectivity index (χ2n) is 11.1. The first-order valence-corrected chi connectivity index (χ1v) is 15.3. The molecule has 45 heavy (non-hydrogen) atoms. The zero-order chi connectivity index (χ0) is 31.5. The molecule has 5 aromatic rings. The number of aromatic nitrogens is 1. The maximum absolute atomic E-state index is 13.4. The number of phenolic OH excluding ortho intramolecular Hbond substituents is 1. The number of hydrogen-bond acceptors (Lipinski definition) is 9. The molecule has 3 aromatic carbocycles. The lowest BCUT2D eigenvalue weighted by Gasteiger charge is -2.36. The Kier molecular flexibility index (Phi) is 8.91. The maximum Gasteiger partial charge on any atom is 0.342 e. The zero-order valence-corrected chi connectivity index (χ0v) is 26.1. The Morgan fingerprint density at radius 1 is 1.07 bits per heavy atom. The first kappa shape index (κ1) is 30.4. The maximum atomic E-state index is 13.4. The van der Waals surface area contributed by atoms with Crippen molar-refractivity contribution in [1.29, 1.82) is 0 Å². The number of hydrogen-bond donors (Lipinski definition) is 1. The van der Waals surface area contributed by atoms with Gasteiger partial charge in [-0.05, 0) is 73.9 Å². The molecule has 0 radical (unpaired) electrons. The Bertz CT molecular complexity index is 1830. The number of aryl methyl sites for hydroxylation is 1. The molecule has 1 saturated heterocycles. The zero-order valence-electron chi connectivity index (χ0n) is 26.1. The number of aromatic hydroxyl groups is 1. The predicted octanol–water partition coefficient (Wildman–Crippen LogP) is 6.53. The Hall–Kier alpha value is -4.60. The van der Waals surface area contributed by atoms with E-state index in [4.69, 9.17) is 23.4 Å². The molecule has 1 aliphatic heterocycles. The predicted molar refractivity (Wildman–Crippen MR) is 171 cm³/mol. The van der Waals surface area contributed by atoms with Crippen LogP contribution in [-0.4, -0.2) is 67.6 Å². The van der Waals surface area contributed by atoms with E-state index in [9.17, 15) is 9.90 Å². The largest absolute Gasteiger partial charge is 0.507 e. The number of esters is 1. The van der Waals surface area contributed by atoms with E-state index in [1.807, 2.05) is 49.4 Å². The van der Waals surface area contributed by atoms with Crippen LogP contribution >= 0.6 is 0 Å². The lowest BCUT2D eigenvalue weighted by atomic mass is 9.89. The van der Waals surface area contributed by atoms with Crippen molar-refractivity contribution >= 4 is 27.7 Å². The minimum absolute atomic E-state index is 0.0613. The minimum atomic E-state index is -0.489. The second kappa shape index (κ2) is 13.2. The third-order valence-corrected chi connectivity index (χ3v) is 8.54. The van der Waals surface area contributed by atoms with E-state index in [0.29, 0.717) is 83.7 Å². The highest BCUT2D eigenvalue weighted by atomic mass is 16.5. The summed E-state index contributed by atoms with van der Waals surface area (Å²) in [4.78, 5) is 19.9. The van der Waals surface area contributed by atoms with Crippen molar-refractivity contribution in [2.75, 3.05) is 46.6 Å². The van der Waals surface area contributed by atoms with E-state index in [-0.39, 0.29) is 12.4 Å². The third-order valence-electron chi connectivity index (χ3n) is 8.54. The molecule has 234 valence electrons. The summed E-state index contributed by atoms with van der Waals surface area (Å²) in [5.74, 6) is 1.47. The molecule has 0 aliphatic carbocycles. The first-order valence-electron chi connectivity index (χ1n) is 15.3. The number of methoxy groups -OCH3 is 1.